The number of alkyl halides is 2. The predicted octanol–water partition coefficient (Wildman–Crippen LogP) is 2.58. The molecule has 0 aliphatic carbocycles. The molecule has 4 heteroatoms. The van der Waals surface area contributed by atoms with Crippen molar-refractivity contribution in [3.05, 3.63) is 11.6 Å². The van der Waals surface area contributed by atoms with Gasteiger partial charge in [0.05, 0.1) is 5.33 Å². The van der Waals surface area contributed by atoms with E-state index >= 15 is 0 Å². The van der Waals surface area contributed by atoms with Crippen molar-refractivity contribution >= 4 is 21.8 Å². The smallest absolute Gasteiger partial charge is 0.230 e. The first-order valence-electron chi connectivity index (χ1n) is 4.74. The van der Waals surface area contributed by atoms with E-state index in [0.29, 0.717) is 13.0 Å². The molecule has 1 atom stereocenters. The topological polar surface area (TPSA) is 29.1 Å². The van der Waals surface area contributed by atoms with Crippen molar-refractivity contribution in [2.45, 2.75) is 32.9 Å². The van der Waals surface area contributed by atoms with Gasteiger partial charge in [0.1, 0.15) is 6.17 Å². The van der Waals surface area contributed by atoms with Gasteiger partial charge in [-0.15, -0.1) is 0 Å². The first-order chi connectivity index (χ1) is 6.60. The van der Waals surface area contributed by atoms with Crippen LogP contribution in [0.5, 0.6) is 0 Å². The first-order valence-corrected chi connectivity index (χ1v) is 5.86. The van der Waals surface area contributed by atoms with Gasteiger partial charge in [0.15, 0.2) is 0 Å². The summed E-state index contributed by atoms with van der Waals surface area (Å²) in [5.74, 6) is -0.0708. The molecule has 0 aromatic heterocycles. The molecule has 1 N–H and O–H groups in total. The highest BCUT2D eigenvalue weighted by atomic mass is 79.9. The summed E-state index contributed by atoms with van der Waals surface area (Å²) in [6.07, 6.45) is 2.38. The fourth-order valence-corrected chi connectivity index (χ4v) is 1.34. The van der Waals surface area contributed by atoms with E-state index in [4.69, 9.17) is 0 Å². The van der Waals surface area contributed by atoms with Crippen LogP contribution < -0.4 is 5.32 Å². The SMILES string of the molecule is CC/C=C(/CNC(=O)CBr)CC(C)F. The van der Waals surface area contributed by atoms with Crippen molar-refractivity contribution in [3.63, 3.8) is 0 Å². The molecular weight excluding hydrogens is 249 g/mol. The van der Waals surface area contributed by atoms with Gasteiger partial charge >= 0.3 is 0 Å². The zero-order valence-electron chi connectivity index (χ0n) is 8.65. The Morgan fingerprint density at radius 2 is 2.29 bits per heavy atom. The van der Waals surface area contributed by atoms with Gasteiger partial charge in [-0.1, -0.05) is 34.5 Å². The van der Waals surface area contributed by atoms with Crippen LogP contribution in [0, 0.1) is 0 Å². The van der Waals surface area contributed by atoms with Gasteiger partial charge in [-0.2, -0.15) is 0 Å². The summed E-state index contributed by atoms with van der Waals surface area (Å²) in [6.45, 7) is 3.97. The third kappa shape index (κ3) is 7.06. The van der Waals surface area contributed by atoms with Gasteiger partial charge in [0.2, 0.25) is 5.91 Å². The highest BCUT2D eigenvalue weighted by Crippen LogP contribution is 2.08. The van der Waals surface area contributed by atoms with Crippen LogP contribution in [0.2, 0.25) is 0 Å². The Labute approximate surface area is 93.1 Å². The molecular formula is C10H17BrFNO. The molecule has 0 fully saturated rings. The number of carbonyl (C=O) groups excluding carboxylic acids is 1. The lowest BCUT2D eigenvalue weighted by atomic mass is 10.1. The molecule has 0 spiro atoms. The summed E-state index contributed by atoms with van der Waals surface area (Å²) in [4.78, 5) is 10.9. The Morgan fingerprint density at radius 3 is 2.71 bits per heavy atom. The number of amides is 1. The summed E-state index contributed by atoms with van der Waals surface area (Å²) in [5, 5.41) is 2.99. The van der Waals surface area contributed by atoms with Crippen LogP contribution in [0.25, 0.3) is 0 Å². The van der Waals surface area contributed by atoms with Crippen molar-refractivity contribution in [1.29, 1.82) is 0 Å². The van der Waals surface area contributed by atoms with Crippen LogP contribution in [0.4, 0.5) is 4.39 Å². The van der Waals surface area contributed by atoms with Crippen LogP contribution in [0.1, 0.15) is 26.7 Å². The zero-order valence-corrected chi connectivity index (χ0v) is 10.2. The fourth-order valence-electron chi connectivity index (χ4n) is 1.14. The average molecular weight is 266 g/mol. The van der Waals surface area contributed by atoms with E-state index in [1.807, 2.05) is 13.0 Å². The number of carbonyl (C=O) groups is 1. The number of hydrogen-bond donors (Lipinski definition) is 1. The Hall–Kier alpha value is -0.380. The monoisotopic (exact) mass is 265 g/mol. The van der Waals surface area contributed by atoms with Crippen molar-refractivity contribution in [3.8, 4) is 0 Å². The van der Waals surface area contributed by atoms with Crippen LogP contribution in [-0.2, 0) is 4.79 Å². The molecule has 0 aliphatic rings. The molecule has 0 saturated carbocycles. The van der Waals surface area contributed by atoms with E-state index in [0.717, 1.165) is 12.0 Å². The van der Waals surface area contributed by atoms with Crippen molar-refractivity contribution < 1.29 is 9.18 Å². The van der Waals surface area contributed by atoms with E-state index in [2.05, 4.69) is 21.2 Å². The van der Waals surface area contributed by atoms with Crippen molar-refractivity contribution in [2.75, 3.05) is 11.9 Å². The Bertz CT molecular complexity index is 204. The molecule has 0 aliphatic heterocycles. The number of halogens is 2. The van der Waals surface area contributed by atoms with Crippen LogP contribution >= 0.6 is 15.9 Å². The Kier molecular flexibility index (Phi) is 7.76. The Balaban J connectivity index is 3.98. The highest BCUT2D eigenvalue weighted by Gasteiger charge is 2.05. The third-order valence-corrected chi connectivity index (χ3v) is 2.18. The summed E-state index contributed by atoms with van der Waals surface area (Å²) < 4.78 is 12.7. The summed E-state index contributed by atoms with van der Waals surface area (Å²) in [6, 6.07) is 0. The van der Waals surface area contributed by atoms with E-state index in [-0.39, 0.29) is 11.2 Å². The van der Waals surface area contributed by atoms with E-state index < -0.39 is 6.17 Å². The number of hydrogen-bond acceptors (Lipinski definition) is 1. The van der Waals surface area contributed by atoms with Gasteiger partial charge < -0.3 is 5.32 Å². The van der Waals surface area contributed by atoms with Gasteiger partial charge in [0.25, 0.3) is 0 Å². The van der Waals surface area contributed by atoms with Gasteiger partial charge in [-0.25, -0.2) is 4.39 Å². The summed E-state index contributed by atoms with van der Waals surface area (Å²) >= 11 is 3.05. The molecule has 0 heterocycles. The molecule has 0 saturated heterocycles. The van der Waals surface area contributed by atoms with E-state index in [1.165, 1.54) is 6.92 Å². The summed E-state index contributed by atoms with van der Waals surface area (Å²) in [5.41, 5.74) is 0.955. The largest absolute Gasteiger partial charge is 0.352 e. The van der Waals surface area contributed by atoms with Crippen LogP contribution in [0.15, 0.2) is 11.6 Å². The molecule has 0 aromatic rings. The minimum Gasteiger partial charge on any atom is -0.352 e. The molecule has 14 heavy (non-hydrogen) atoms. The minimum atomic E-state index is -0.853. The van der Waals surface area contributed by atoms with Gasteiger partial charge in [0, 0.05) is 13.0 Å². The van der Waals surface area contributed by atoms with E-state index in [1.54, 1.807) is 0 Å². The minimum absolute atomic E-state index is 0.0708. The maximum Gasteiger partial charge on any atom is 0.230 e. The maximum absolute atomic E-state index is 12.7. The number of rotatable bonds is 6. The van der Waals surface area contributed by atoms with Crippen molar-refractivity contribution in [1.82, 2.24) is 5.32 Å². The standard InChI is InChI=1S/C10H17BrFNO/c1-3-4-9(5-8(2)12)7-13-10(14)6-11/h4,8H,3,5-7H2,1-2H3,(H,13,14)/b9-4+. The number of nitrogens with one attached hydrogen (secondary N) is 1. The zero-order chi connectivity index (χ0) is 11.0. The average Bonchev–Trinajstić information content (AvgIpc) is 2.13. The summed E-state index contributed by atoms with van der Waals surface area (Å²) in [7, 11) is 0. The molecule has 1 amide bonds. The molecule has 2 nitrogen and oxygen atoms in total. The van der Waals surface area contributed by atoms with Crippen molar-refractivity contribution in [2.24, 2.45) is 0 Å². The van der Waals surface area contributed by atoms with Crippen LogP contribution in [0.3, 0.4) is 0 Å². The van der Waals surface area contributed by atoms with Crippen LogP contribution in [-0.4, -0.2) is 24.0 Å². The second-order valence-electron chi connectivity index (χ2n) is 3.17. The predicted molar refractivity (Wildman–Crippen MR) is 60.4 cm³/mol. The Morgan fingerprint density at radius 1 is 1.64 bits per heavy atom. The number of allylic oxidation sites excluding steroid dienone is 1. The quantitative estimate of drug-likeness (QED) is 0.581. The molecule has 0 aromatic carbocycles. The third-order valence-electron chi connectivity index (χ3n) is 1.67. The second-order valence-corrected chi connectivity index (χ2v) is 3.73. The lowest BCUT2D eigenvalue weighted by Gasteiger charge is -2.09. The molecule has 0 rings (SSSR count). The first kappa shape index (κ1) is 13.6. The van der Waals surface area contributed by atoms with Gasteiger partial charge in [-0.05, 0) is 13.3 Å². The molecule has 1 unspecified atom stereocenters. The molecule has 0 radical (unpaired) electrons. The maximum atomic E-state index is 12.7. The van der Waals surface area contributed by atoms with E-state index in [9.17, 15) is 9.18 Å². The van der Waals surface area contributed by atoms with Gasteiger partial charge in [-0.3, -0.25) is 4.79 Å². The second kappa shape index (κ2) is 7.97. The fraction of sp³-hybridized carbons (Fsp3) is 0.700. The normalized spacial score (nSPS) is 13.9. The lowest BCUT2D eigenvalue weighted by Crippen LogP contribution is -2.26. The molecule has 0 bridgehead atoms. The molecule has 82 valence electrons. The lowest BCUT2D eigenvalue weighted by molar-refractivity contribution is -0.118. The highest BCUT2D eigenvalue weighted by molar-refractivity contribution is 9.09.